The van der Waals surface area contributed by atoms with Crippen LogP contribution in [0, 0.1) is 25.2 Å². The molecule has 1 heterocycles. The molecule has 0 aliphatic carbocycles. The van der Waals surface area contributed by atoms with Gasteiger partial charge in [-0.05, 0) is 69.2 Å². The van der Waals surface area contributed by atoms with E-state index >= 15 is 0 Å². The van der Waals surface area contributed by atoms with E-state index in [9.17, 15) is 10.1 Å². The van der Waals surface area contributed by atoms with Crippen molar-refractivity contribution in [2.75, 3.05) is 7.11 Å². The van der Waals surface area contributed by atoms with E-state index in [1.807, 2.05) is 64.1 Å². The predicted molar refractivity (Wildman–Crippen MR) is 103 cm³/mol. The number of carbonyl (C=O) groups is 1. The van der Waals surface area contributed by atoms with Gasteiger partial charge in [-0.3, -0.25) is 4.79 Å². The van der Waals surface area contributed by atoms with Crippen LogP contribution in [0.15, 0.2) is 35.9 Å². The van der Waals surface area contributed by atoms with E-state index in [2.05, 4.69) is 9.88 Å². The van der Waals surface area contributed by atoms with Crippen molar-refractivity contribution in [3.8, 4) is 17.5 Å². The maximum absolute atomic E-state index is 12.3. The van der Waals surface area contributed by atoms with Gasteiger partial charge in [0.15, 0.2) is 0 Å². The largest absolute Gasteiger partial charge is 0.497 e. The molecule has 0 fully saturated rings. The number of aromatic nitrogens is 1. The minimum Gasteiger partial charge on any atom is -0.497 e. The molecule has 26 heavy (non-hydrogen) atoms. The first-order valence-corrected chi connectivity index (χ1v) is 8.67. The van der Waals surface area contributed by atoms with Crippen LogP contribution in [0.25, 0.3) is 11.8 Å². The van der Waals surface area contributed by atoms with Crippen molar-refractivity contribution in [2.45, 2.75) is 40.2 Å². The van der Waals surface area contributed by atoms with Gasteiger partial charge in [0.2, 0.25) is 0 Å². The third kappa shape index (κ3) is 4.15. The van der Waals surface area contributed by atoms with Crippen LogP contribution in [0.5, 0.6) is 5.75 Å². The smallest absolute Gasteiger partial charge is 0.262 e. The zero-order valence-electron chi connectivity index (χ0n) is 16.0. The molecule has 1 unspecified atom stereocenters. The lowest BCUT2D eigenvalue weighted by Gasteiger charge is -2.11. The second-order valence-corrected chi connectivity index (χ2v) is 6.31. The summed E-state index contributed by atoms with van der Waals surface area (Å²) in [6.45, 7) is 7.89. The molecule has 5 heteroatoms. The Balaban J connectivity index is 2.39. The standard InChI is InChI=1S/C21H25N3O2/c1-6-14(2)23-21(25)18(13-22)12-17-11-15(3)24(16(17)4)19-7-9-20(26-5)10-8-19/h7-12,14H,6H2,1-5H3,(H,23,25)/b18-12-. The van der Waals surface area contributed by atoms with Crippen LogP contribution in [-0.2, 0) is 4.79 Å². The normalized spacial score (nSPS) is 12.4. The number of benzene rings is 1. The molecule has 1 atom stereocenters. The third-order valence-corrected chi connectivity index (χ3v) is 4.46. The van der Waals surface area contributed by atoms with Gasteiger partial charge in [0.25, 0.3) is 5.91 Å². The Morgan fingerprint density at radius 2 is 2.00 bits per heavy atom. The van der Waals surface area contributed by atoms with Crippen molar-refractivity contribution in [2.24, 2.45) is 0 Å². The van der Waals surface area contributed by atoms with Crippen molar-refractivity contribution in [3.63, 3.8) is 0 Å². The summed E-state index contributed by atoms with van der Waals surface area (Å²) in [7, 11) is 1.64. The summed E-state index contributed by atoms with van der Waals surface area (Å²) in [5.41, 5.74) is 3.97. The summed E-state index contributed by atoms with van der Waals surface area (Å²) in [6.07, 6.45) is 2.47. The van der Waals surface area contributed by atoms with Gasteiger partial charge in [-0.2, -0.15) is 5.26 Å². The maximum atomic E-state index is 12.3. The summed E-state index contributed by atoms with van der Waals surface area (Å²) < 4.78 is 7.30. The molecule has 2 rings (SSSR count). The number of nitriles is 1. The fourth-order valence-corrected chi connectivity index (χ4v) is 2.77. The van der Waals surface area contributed by atoms with E-state index in [4.69, 9.17) is 4.74 Å². The molecule has 1 aromatic heterocycles. The Kier molecular flexibility index (Phi) is 6.24. The minimum atomic E-state index is -0.337. The van der Waals surface area contributed by atoms with Gasteiger partial charge < -0.3 is 14.6 Å². The van der Waals surface area contributed by atoms with Gasteiger partial charge in [-0.25, -0.2) is 0 Å². The molecule has 1 aromatic carbocycles. The van der Waals surface area contributed by atoms with Gasteiger partial charge in [0.05, 0.1) is 7.11 Å². The van der Waals surface area contributed by atoms with Crippen LogP contribution in [0.1, 0.15) is 37.2 Å². The molecule has 0 spiro atoms. The molecule has 1 N–H and O–H groups in total. The zero-order chi connectivity index (χ0) is 19.3. The fraction of sp³-hybridized carbons (Fsp3) is 0.333. The molecule has 5 nitrogen and oxygen atoms in total. The number of hydrogen-bond donors (Lipinski definition) is 1. The number of aryl methyl sites for hydroxylation is 1. The van der Waals surface area contributed by atoms with Crippen LogP contribution >= 0.6 is 0 Å². The number of methoxy groups -OCH3 is 1. The molecular formula is C21H25N3O2. The monoisotopic (exact) mass is 351 g/mol. The highest BCUT2D eigenvalue weighted by atomic mass is 16.5. The molecule has 1 amide bonds. The van der Waals surface area contributed by atoms with Gasteiger partial charge in [0.1, 0.15) is 17.4 Å². The second kappa shape index (κ2) is 8.39. The highest BCUT2D eigenvalue weighted by Crippen LogP contribution is 2.24. The molecule has 2 aromatic rings. The SMILES string of the molecule is CCC(C)NC(=O)/C(C#N)=C\c1cc(C)n(-c2ccc(OC)cc2)c1C. The Hall–Kier alpha value is -3.00. The number of nitrogens with one attached hydrogen (secondary N) is 1. The number of hydrogen-bond acceptors (Lipinski definition) is 3. The van der Waals surface area contributed by atoms with Crippen molar-refractivity contribution < 1.29 is 9.53 Å². The number of rotatable bonds is 6. The lowest BCUT2D eigenvalue weighted by Crippen LogP contribution is -2.32. The first-order chi connectivity index (χ1) is 12.4. The van der Waals surface area contributed by atoms with Crippen molar-refractivity contribution in [1.82, 2.24) is 9.88 Å². The molecule has 136 valence electrons. The van der Waals surface area contributed by atoms with Gasteiger partial charge >= 0.3 is 0 Å². The Morgan fingerprint density at radius 3 is 2.54 bits per heavy atom. The molecule has 0 bridgehead atoms. The molecule has 0 saturated heterocycles. The Bertz CT molecular complexity index is 855. The zero-order valence-corrected chi connectivity index (χ0v) is 16.0. The summed E-state index contributed by atoms with van der Waals surface area (Å²) in [5, 5.41) is 12.2. The fourth-order valence-electron chi connectivity index (χ4n) is 2.77. The molecule has 0 aliphatic heterocycles. The maximum Gasteiger partial charge on any atom is 0.262 e. The van der Waals surface area contributed by atoms with E-state index < -0.39 is 0 Å². The van der Waals surface area contributed by atoms with Crippen molar-refractivity contribution >= 4 is 12.0 Å². The average Bonchev–Trinajstić information content (AvgIpc) is 2.92. The van der Waals surface area contributed by atoms with Crippen LogP contribution in [0.4, 0.5) is 0 Å². The summed E-state index contributed by atoms with van der Waals surface area (Å²) in [6, 6.07) is 11.8. The highest BCUT2D eigenvalue weighted by molar-refractivity contribution is 6.02. The van der Waals surface area contributed by atoms with Crippen LogP contribution in [-0.4, -0.2) is 23.6 Å². The quantitative estimate of drug-likeness (QED) is 0.633. The van der Waals surface area contributed by atoms with Crippen LogP contribution < -0.4 is 10.1 Å². The van der Waals surface area contributed by atoms with E-state index in [0.717, 1.165) is 34.8 Å². The molecule has 0 saturated carbocycles. The number of carbonyl (C=O) groups excluding carboxylic acids is 1. The predicted octanol–water partition coefficient (Wildman–Crippen LogP) is 3.92. The van der Waals surface area contributed by atoms with E-state index in [1.54, 1.807) is 13.2 Å². The Labute approximate surface area is 154 Å². The van der Waals surface area contributed by atoms with E-state index in [1.165, 1.54) is 0 Å². The lowest BCUT2D eigenvalue weighted by molar-refractivity contribution is -0.117. The Morgan fingerprint density at radius 1 is 1.35 bits per heavy atom. The van der Waals surface area contributed by atoms with Crippen molar-refractivity contribution in [3.05, 3.63) is 52.9 Å². The van der Waals surface area contributed by atoms with Crippen LogP contribution in [0.3, 0.4) is 0 Å². The molecule has 0 radical (unpaired) electrons. The van der Waals surface area contributed by atoms with Crippen molar-refractivity contribution in [1.29, 1.82) is 5.26 Å². The van der Waals surface area contributed by atoms with Crippen LogP contribution in [0.2, 0.25) is 0 Å². The summed E-state index contributed by atoms with van der Waals surface area (Å²) in [4.78, 5) is 12.3. The van der Waals surface area contributed by atoms with Gasteiger partial charge in [-0.1, -0.05) is 6.92 Å². The van der Waals surface area contributed by atoms with Gasteiger partial charge in [0, 0.05) is 23.1 Å². The topological polar surface area (TPSA) is 67.0 Å². The average molecular weight is 351 g/mol. The molecule has 0 aliphatic rings. The van der Waals surface area contributed by atoms with E-state index in [-0.39, 0.29) is 17.5 Å². The minimum absolute atomic E-state index is 0.0333. The molecular weight excluding hydrogens is 326 g/mol. The summed E-state index contributed by atoms with van der Waals surface area (Å²) >= 11 is 0. The van der Waals surface area contributed by atoms with Gasteiger partial charge in [-0.15, -0.1) is 0 Å². The lowest BCUT2D eigenvalue weighted by atomic mass is 10.1. The number of ether oxygens (including phenoxy) is 1. The number of amides is 1. The first-order valence-electron chi connectivity index (χ1n) is 8.67. The highest BCUT2D eigenvalue weighted by Gasteiger charge is 2.15. The number of nitrogens with zero attached hydrogens (tertiary/aromatic N) is 2. The second-order valence-electron chi connectivity index (χ2n) is 6.31. The van der Waals surface area contributed by atoms with E-state index in [0.29, 0.717) is 0 Å². The first kappa shape index (κ1) is 19.3. The summed E-state index contributed by atoms with van der Waals surface area (Å²) in [5.74, 6) is 0.459. The third-order valence-electron chi connectivity index (χ3n) is 4.46.